The number of pyridine rings is 1. The molecule has 0 aliphatic rings. The number of aryl methyl sites for hydroxylation is 1. The fourth-order valence-corrected chi connectivity index (χ4v) is 3.72. The van der Waals surface area contributed by atoms with Crippen molar-refractivity contribution in [3.8, 4) is 11.5 Å². The molecule has 4 rings (SSSR count). The lowest BCUT2D eigenvalue weighted by atomic mass is 10.1. The van der Waals surface area contributed by atoms with Crippen LogP contribution in [0.1, 0.15) is 18.2 Å². The van der Waals surface area contributed by atoms with Gasteiger partial charge >= 0.3 is 0 Å². The van der Waals surface area contributed by atoms with Crippen LogP contribution in [-0.4, -0.2) is 20.4 Å². The Morgan fingerprint density at radius 3 is 2.65 bits per heavy atom. The summed E-state index contributed by atoms with van der Waals surface area (Å²) in [6.07, 6.45) is 0.845. The minimum Gasteiger partial charge on any atom is -0.411 e. The molecule has 0 saturated carbocycles. The first-order valence-electron chi connectivity index (χ1n) is 8.60. The molecule has 1 atom stereocenters. The van der Waals surface area contributed by atoms with Gasteiger partial charge in [0.25, 0.3) is 5.22 Å². The van der Waals surface area contributed by atoms with E-state index < -0.39 is 0 Å². The lowest BCUT2D eigenvalue weighted by molar-refractivity contribution is 0.464. The van der Waals surface area contributed by atoms with E-state index >= 15 is 0 Å². The third kappa shape index (κ3) is 3.63. The van der Waals surface area contributed by atoms with Gasteiger partial charge in [-0.3, -0.25) is 4.98 Å². The number of fused-ring (bicyclic) bond motifs is 1. The molecule has 0 saturated heterocycles. The van der Waals surface area contributed by atoms with E-state index in [1.54, 1.807) is 11.8 Å². The monoisotopic (exact) mass is 361 g/mol. The van der Waals surface area contributed by atoms with Gasteiger partial charge in [0, 0.05) is 28.3 Å². The largest absolute Gasteiger partial charge is 0.411 e. The standard InChI is InChI=1S/C21H19N3OS/c1-14-7-3-5-9-18(14)20-23-24-21(25-20)26-15(2)13-17-12-11-16-8-4-6-10-19(16)22-17/h3-12,15H,13H2,1-2H3/t15-/m1/s1. The molecular formula is C21H19N3OS. The summed E-state index contributed by atoms with van der Waals surface area (Å²) in [6, 6.07) is 20.4. The zero-order valence-electron chi connectivity index (χ0n) is 14.7. The van der Waals surface area contributed by atoms with Crippen molar-refractivity contribution in [2.75, 3.05) is 0 Å². The van der Waals surface area contributed by atoms with Gasteiger partial charge in [0.15, 0.2) is 0 Å². The summed E-state index contributed by atoms with van der Waals surface area (Å²) in [4.78, 5) is 4.74. The van der Waals surface area contributed by atoms with Gasteiger partial charge in [-0.05, 0) is 30.7 Å². The van der Waals surface area contributed by atoms with Gasteiger partial charge < -0.3 is 4.42 Å². The number of para-hydroxylation sites is 1. The van der Waals surface area contributed by atoms with Crippen molar-refractivity contribution in [3.05, 3.63) is 71.9 Å². The maximum absolute atomic E-state index is 5.85. The molecule has 4 nitrogen and oxygen atoms in total. The van der Waals surface area contributed by atoms with Crippen LogP contribution in [0.25, 0.3) is 22.4 Å². The Labute approximate surface area is 156 Å². The van der Waals surface area contributed by atoms with E-state index in [-0.39, 0.29) is 5.25 Å². The summed E-state index contributed by atoms with van der Waals surface area (Å²) in [5.41, 5.74) is 4.21. The van der Waals surface area contributed by atoms with Crippen LogP contribution in [-0.2, 0) is 6.42 Å². The van der Waals surface area contributed by atoms with Crippen molar-refractivity contribution < 1.29 is 4.42 Å². The third-order valence-electron chi connectivity index (χ3n) is 4.24. The quantitative estimate of drug-likeness (QED) is 0.451. The molecule has 0 unspecified atom stereocenters. The van der Waals surface area contributed by atoms with Crippen LogP contribution in [0.4, 0.5) is 0 Å². The molecule has 4 aromatic rings. The molecule has 5 heteroatoms. The van der Waals surface area contributed by atoms with E-state index in [9.17, 15) is 0 Å². The van der Waals surface area contributed by atoms with Gasteiger partial charge in [0.05, 0.1) is 5.52 Å². The van der Waals surface area contributed by atoms with E-state index in [2.05, 4.69) is 35.3 Å². The fraction of sp³-hybridized carbons (Fsp3) is 0.190. The molecule has 0 bridgehead atoms. The molecule has 0 fully saturated rings. The van der Waals surface area contributed by atoms with Crippen LogP contribution in [0, 0.1) is 6.92 Å². The predicted octanol–water partition coefficient (Wildman–Crippen LogP) is 5.32. The lowest BCUT2D eigenvalue weighted by Gasteiger charge is -2.08. The van der Waals surface area contributed by atoms with Crippen molar-refractivity contribution in [3.63, 3.8) is 0 Å². The number of hydrogen-bond donors (Lipinski definition) is 0. The van der Waals surface area contributed by atoms with Crippen molar-refractivity contribution in [2.45, 2.75) is 30.7 Å². The molecule has 0 N–H and O–H groups in total. The number of rotatable bonds is 5. The maximum atomic E-state index is 5.85. The molecule has 0 amide bonds. The Morgan fingerprint density at radius 1 is 0.962 bits per heavy atom. The number of nitrogens with zero attached hydrogens (tertiary/aromatic N) is 3. The molecule has 26 heavy (non-hydrogen) atoms. The third-order valence-corrected chi connectivity index (χ3v) is 5.17. The van der Waals surface area contributed by atoms with Crippen molar-refractivity contribution in [1.82, 2.24) is 15.2 Å². The molecule has 0 aliphatic heterocycles. The van der Waals surface area contributed by atoms with Crippen LogP contribution < -0.4 is 0 Å². The van der Waals surface area contributed by atoms with Gasteiger partial charge in [-0.2, -0.15) is 0 Å². The smallest absolute Gasteiger partial charge is 0.277 e. The van der Waals surface area contributed by atoms with E-state index in [1.165, 1.54) is 0 Å². The van der Waals surface area contributed by atoms with Crippen molar-refractivity contribution in [1.29, 1.82) is 0 Å². The fourth-order valence-electron chi connectivity index (χ4n) is 2.91. The van der Waals surface area contributed by atoms with Crippen LogP contribution in [0.15, 0.2) is 70.3 Å². The highest BCUT2D eigenvalue weighted by Gasteiger charge is 2.15. The normalized spacial score (nSPS) is 12.4. The Balaban J connectivity index is 1.46. The average molecular weight is 361 g/mol. The highest BCUT2D eigenvalue weighted by molar-refractivity contribution is 7.99. The minimum absolute atomic E-state index is 0.286. The first kappa shape index (κ1) is 16.8. The van der Waals surface area contributed by atoms with Gasteiger partial charge in [0.1, 0.15) is 0 Å². The molecule has 2 heterocycles. The second-order valence-corrected chi connectivity index (χ2v) is 7.71. The number of thioether (sulfide) groups is 1. The molecule has 2 aromatic carbocycles. The van der Waals surface area contributed by atoms with E-state index in [4.69, 9.17) is 9.40 Å². The summed E-state index contributed by atoms with van der Waals surface area (Å²) in [6.45, 7) is 4.19. The number of hydrogen-bond acceptors (Lipinski definition) is 5. The van der Waals surface area contributed by atoms with E-state index in [1.807, 2.05) is 49.4 Å². The van der Waals surface area contributed by atoms with Crippen LogP contribution >= 0.6 is 11.8 Å². The topological polar surface area (TPSA) is 51.8 Å². The Morgan fingerprint density at radius 2 is 1.77 bits per heavy atom. The Kier molecular flexibility index (Phi) is 4.71. The first-order chi connectivity index (χ1) is 12.7. The molecule has 0 aliphatic carbocycles. The second kappa shape index (κ2) is 7.30. The highest BCUT2D eigenvalue weighted by atomic mass is 32.2. The van der Waals surface area contributed by atoms with Crippen molar-refractivity contribution in [2.24, 2.45) is 0 Å². The lowest BCUT2D eigenvalue weighted by Crippen LogP contribution is -2.03. The summed E-state index contributed by atoms with van der Waals surface area (Å²) in [7, 11) is 0. The van der Waals surface area contributed by atoms with Gasteiger partial charge in [0.2, 0.25) is 5.89 Å². The Hall–Kier alpha value is -2.66. The molecule has 130 valence electrons. The SMILES string of the molecule is Cc1ccccc1-c1nnc(S[C@H](C)Cc2ccc3ccccc3n2)o1. The summed E-state index contributed by atoms with van der Waals surface area (Å²) < 4.78 is 5.85. The number of aromatic nitrogens is 3. The van der Waals surface area contributed by atoms with Gasteiger partial charge in [-0.25, -0.2) is 0 Å². The van der Waals surface area contributed by atoms with E-state index in [0.29, 0.717) is 11.1 Å². The highest BCUT2D eigenvalue weighted by Crippen LogP contribution is 2.29. The summed E-state index contributed by atoms with van der Waals surface area (Å²) >= 11 is 1.58. The Bertz CT molecular complexity index is 1040. The van der Waals surface area contributed by atoms with Crippen LogP contribution in [0.3, 0.4) is 0 Å². The predicted molar refractivity (Wildman–Crippen MR) is 105 cm³/mol. The van der Waals surface area contributed by atoms with Crippen LogP contribution in [0.2, 0.25) is 0 Å². The first-order valence-corrected chi connectivity index (χ1v) is 9.48. The zero-order chi connectivity index (χ0) is 17.9. The molecule has 0 spiro atoms. The van der Waals surface area contributed by atoms with Crippen molar-refractivity contribution >= 4 is 22.7 Å². The van der Waals surface area contributed by atoms with Gasteiger partial charge in [-0.15, -0.1) is 10.2 Å². The van der Waals surface area contributed by atoms with Crippen LogP contribution in [0.5, 0.6) is 0 Å². The molecular weight excluding hydrogens is 342 g/mol. The second-order valence-electron chi connectivity index (χ2n) is 6.32. The van der Waals surface area contributed by atoms with Gasteiger partial charge in [-0.1, -0.05) is 61.2 Å². The number of benzene rings is 2. The maximum Gasteiger partial charge on any atom is 0.277 e. The minimum atomic E-state index is 0.286. The molecule has 0 radical (unpaired) electrons. The molecule has 2 aromatic heterocycles. The zero-order valence-corrected chi connectivity index (χ0v) is 15.5. The van der Waals surface area contributed by atoms with E-state index in [0.717, 1.165) is 34.1 Å². The summed E-state index contributed by atoms with van der Waals surface area (Å²) in [5.74, 6) is 0.571. The summed E-state index contributed by atoms with van der Waals surface area (Å²) in [5, 5.41) is 10.4. The average Bonchev–Trinajstić information content (AvgIpc) is 3.10.